The quantitative estimate of drug-likeness (QED) is 0.526. The number of allylic oxidation sites excluding steroid dienone is 3. The predicted molar refractivity (Wildman–Crippen MR) is 75.7 cm³/mol. The molecule has 0 aromatic heterocycles. The van der Waals surface area contributed by atoms with Crippen LogP contribution < -0.4 is 0 Å². The Hall–Kier alpha value is -0.120. The molecule has 88 valence electrons. The highest BCUT2D eigenvalue weighted by molar-refractivity contribution is 14.1. The molecule has 0 heterocycles. The Bertz CT molecular complexity index is 369. The number of fused-ring (bicyclic) bond motifs is 1. The van der Waals surface area contributed by atoms with Crippen LogP contribution in [0.5, 0.6) is 0 Å². The lowest BCUT2D eigenvalue weighted by atomic mass is 9.56. The molecule has 0 aromatic carbocycles. The molecule has 1 saturated carbocycles. The average molecular weight is 330 g/mol. The maximum atomic E-state index is 11.6. The Kier molecular flexibility index (Phi) is 3.30. The number of ketones is 1. The van der Waals surface area contributed by atoms with Gasteiger partial charge in [-0.15, -0.1) is 0 Å². The maximum absolute atomic E-state index is 11.6. The third kappa shape index (κ3) is 1.79. The standard InChI is InChI=1S/C14H19IO/c1-9-6-10(2)13(8-15)14(3)5-4-11(16)7-12(9)14/h7,10,13H,1,4-6,8H2,2-3H3. The first-order valence-corrected chi connectivity index (χ1v) is 7.50. The monoisotopic (exact) mass is 330 g/mol. The molecule has 2 aliphatic rings. The summed E-state index contributed by atoms with van der Waals surface area (Å²) in [5, 5.41) is 0. The van der Waals surface area contributed by atoms with Gasteiger partial charge in [0.2, 0.25) is 0 Å². The Morgan fingerprint density at radius 3 is 2.94 bits per heavy atom. The van der Waals surface area contributed by atoms with Gasteiger partial charge in [0.15, 0.2) is 5.78 Å². The van der Waals surface area contributed by atoms with Gasteiger partial charge in [0.25, 0.3) is 0 Å². The van der Waals surface area contributed by atoms with E-state index < -0.39 is 0 Å². The summed E-state index contributed by atoms with van der Waals surface area (Å²) in [6.07, 6.45) is 4.65. The molecule has 1 fully saturated rings. The number of halogens is 1. The molecule has 3 atom stereocenters. The number of carbonyl (C=O) groups is 1. The van der Waals surface area contributed by atoms with E-state index in [0.717, 1.165) is 12.8 Å². The van der Waals surface area contributed by atoms with E-state index in [-0.39, 0.29) is 11.2 Å². The highest BCUT2D eigenvalue weighted by Gasteiger charge is 2.46. The molecule has 0 spiro atoms. The Morgan fingerprint density at radius 2 is 2.31 bits per heavy atom. The minimum atomic E-state index is 0.198. The molecule has 0 bridgehead atoms. The van der Waals surface area contributed by atoms with Crippen molar-refractivity contribution >= 4 is 28.4 Å². The Morgan fingerprint density at radius 1 is 1.62 bits per heavy atom. The van der Waals surface area contributed by atoms with Crippen molar-refractivity contribution in [2.75, 3.05) is 4.43 Å². The van der Waals surface area contributed by atoms with Crippen molar-refractivity contribution in [2.45, 2.75) is 33.1 Å². The number of hydrogen-bond donors (Lipinski definition) is 0. The molecule has 2 heteroatoms. The highest BCUT2D eigenvalue weighted by Crippen LogP contribution is 2.54. The van der Waals surface area contributed by atoms with E-state index in [4.69, 9.17) is 0 Å². The summed E-state index contributed by atoms with van der Waals surface area (Å²) in [5.74, 6) is 1.67. The molecule has 3 unspecified atom stereocenters. The number of rotatable bonds is 1. The molecule has 0 N–H and O–H groups in total. The van der Waals surface area contributed by atoms with Gasteiger partial charge in [-0.25, -0.2) is 0 Å². The summed E-state index contributed by atoms with van der Waals surface area (Å²) in [7, 11) is 0. The lowest BCUT2D eigenvalue weighted by molar-refractivity contribution is -0.116. The zero-order chi connectivity index (χ0) is 11.9. The zero-order valence-corrected chi connectivity index (χ0v) is 12.2. The molecule has 2 rings (SSSR count). The molecule has 0 aromatic rings. The van der Waals surface area contributed by atoms with E-state index in [1.54, 1.807) is 0 Å². The summed E-state index contributed by atoms with van der Waals surface area (Å²) in [5.41, 5.74) is 2.65. The molecular formula is C14H19IO. The van der Waals surface area contributed by atoms with Gasteiger partial charge in [-0.2, -0.15) is 0 Å². The largest absolute Gasteiger partial charge is 0.295 e. The zero-order valence-electron chi connectivity index (χ0n) is 10.1. The van der Waals surface area contributed by atoms with Crippen LogP contribution in [-0.4, -0.2) is 10.2 Å². The number of alkyl halides is 1. The fourth-order valence-electron chi connectivity index (χ4n) is 3.40. The molecule has 0 aliphatic heterocycles. The lowest BCUT2D eigenvalue weighted by Gasteiger charge is -2.49. The van der Waals surface area contributed by atoms with Gasteiger partial charge in [0.05, 0.1) is 0 Å². The van der Waals surface area contributed by atoms with E-state index in [9.17, 15) is 4.79 Å². The van der Waals surface area contributed by atoms with Crippen molar-refractivity contribution in [1.82, 2.24) is 0 Å². The van der Waals surface area contributed by atoms with Crippen molar-refractivity contribution < 1.29 is 4.79 Å². The second-order valence-electron chi connectivity index (χ2n) is 5.49. The van der Waals surface area contributed by atoms with Crippen molar-refractivity contribution in [3.05, 3.63) is 23.8 Å². The van der Waals surface area contributed by atoms with E-state index >= 15 is 0 Å². The first-order chi connectivity index (χ1) is 7.49. The number of carbonyl (C=O) groups excluding carboxylic acids is 1. The first-order valence-electron chi connectivity index (χ1n) is 5.98. The van der Waals surface area contributed by atoms with Gasteiger partial charge in [0, 0.05) is 10.8 Å². The van der Waals surface area contributed by atoms with Crippen LogP contribution in [0, 0.1) is 17.3 Å². The van der Waals surface area contributed by atoms with Crippen LogP contribution in [-0.2, 0) is 4.79 Å². The van der Waals surface area contributed by atoms with Crippen LogP contribution in [0.3, 0.4) is 0 Å². The molecular weight excluding hydrogens is 311 g/mol. The van der Waals surface area contributed by atoms with Crippen molar-refractivity contribution in [3.8, 4) is 0 Å². The predicted octanol–water partition coefficient (Wildman–Crippen LogP) is 3.93. The summed E-state index contributed by atoms with van der Waals surface area (Å²) in [6, 6.07) is 0. The van der Waals surface area contributed by atoms with Gasteiger partial charge in [-0.3, -0.25) is 4.79 Å². The SMILES string of the molecule is C=C1CC(C)C(CI)C2(C)CCC(=O)C=C12. The van der Waals surface area contributed by atoms with E-state index in [1.807, 2.05) is 6.08 Å². The van der Waals surface area contributed by atoms with Crippen LogP contribution in [0.2, 0.25) is 0 Å². The third-order valence-corrected chi connectivity index (χ3v) is 5.38. The Labute approximate surface area is 112 Å². The second-order valence-corrected chi connectivity index (χ2v) is 6.37. The third-order valence-electron chi connectivity index (χ3n) is 4.43. The normalized spacial score (nSPS) is 39.3. The lowest BCUT2D eigenvalue weighted by Crippen LogP contribution is -2.42. The van der Waals surface area contributed by atoms with E-state index in [0.29, 0.717) is 18.3 Å². The van der Waals surface area contributed by atoms with Crippen molar-refractivity contribution in [1.29, 1.82) is 0 Å². The minimum Gasteiger partial charge on any atom is -0.295 e. The maximum Gasteiger partial charge on any atom is 0.156 e. The molecule has 16 heavy (non-hydrogen) atoms. The summed E-state index contributed by atoms with van der Waals surface area (Å²) >= 11 is 2.49. The smallest absolute Gasteiger partial charge is 0.156 e. The molecule has 0 saturated heterocycles. The minimum absolute atomic E-state index is 0.198. The van der Waals surface area contributed by atoms with Crippen molar-refractivity contribution in [3.63, 3.8) is 0 Å². The average Bonchev–Trinajstić information content (AvgIpc) is 2.21. The van der Waals surface area contributed by atoms with Crippen LogP contribution in [0.25, 0.3) is 0 Å². The van der Waals surface area contributed by atoms with Gasteiger partial charge in [0.1, 0.15) is 0 Å². The summed E-state index contributed by atoms with van der Waals surface area (Å²) in [4.78, 5) is 11.6. The summed E-state index contributed by atoms with van der Waals surface area (Å²) in [6.45, 7) is 8.83. The molecule has 0 amide bonds. The van der Waals surface area contributed by atoms with Crippen LogP contribution in [0.1, 0.15) is 33.1 Å². The fraction of sp³-hybridized carbons (Fsp3) is 0.643. The van der Waals surface area contributed by atoms with Gasteiger partial charge in [-0.1, -0.05) is 48.6 Å². The molecule has 0 radical (unpaired) electrons. The second kappa shape index (κ2) is 4.28. The Balaban J connectivity index is 2.46. The van der Waals surface area contributed by atoms with Crippen LogP contribution >= 0.6 is 22.6 Å². The van der Waals surface area contributed by atoms with Crippen LogP contribution in [0.4, 0.5) is 0 Å². The van der Waals surface area contributed by atoms with Gasteiger partial charge in [-0.05, 0) is 41.7 Å². The molecule has 2 aliphatic carbocycles. The first kappa shape index (κ1) is 12.3. The van der Waals surface area contributed by atoms with Gasteiger partial charge >= 0.3 is 0 Å². The van der Waals surface area contributed by atoms with E-state index in [2.05, 4.69) is 43.0 Å². The summed E-state index contributed by atoms with van der Waals surface area (Å²) < 4.78 is 1.17. The number of hydrogen-bond acceptors (Lipinski definition) is 1. The fourth-order valence-corrected chi connectivity index (χ4v) is 5.24. The van der Waals surface area contributed by atoms with Crippen LogP contribution in [0.15, 0.2) is 23.8 Å². The van der Waals surface area contributed by atoms with Gasteiger partial charge < -0.3 is 0 Å². The van der Waals surface area contributed by atoms with E-state index in [1.165, 1.54) is 15.6 Å². The highest BCUT2D eigenvalue weighted by atomic mass is 127. The van der Waals surface area contributed by atoms with Crippen molar-refractivity contribution in [2.24, 2.45) is 17.3 Å². The topological polar surface area (TPSA) is 17.1 Å². The molecule has 1 nitrogen and oxygen atoms in total.